The molecule has 9 heavy (non-hydrogen) atoms. The fourth-order valence-electron chi connectivity index (χ4n) is 0.787. The van der Waals surface area contributed by atoms with Crippen molar-refractivity contribution in [1.82, 2.24) is 0 Å². The van der Waals surface area contributed by atoms with Crippen molar-refractivity contribution in [2.45, 2.75) is 6.42 Å². The van der Waals surface area contributed by atoms with Crippen LogP contribution in [0, 0.1) is 11.8 Å². The number of hydrogen-bond acceptors (Lipinski definition) is 3. The van der Waals surface area contributed by atoms with Gasteiger partial charge < -0.3 is 9.53 Å². The average molecular weight is 128 g/mol. The van der Waals surface area contributed by atoms with Gasteiger partial charge in [0, 0.05) is 5.92 Å². The lowest BCUT2D eigenvalue weighted by Gasteiger charge is -1.91. The molecular weight excluding hydrogens is 120 g/mol. The van der Waals surface area contributed by atoms with Crippen LogP contribution in [0.3, 0.4) is 0 Å². The molecule has 0 N–H and O–H groups in total. The standard InChI is InChI=1S/C6H8O3/c1-9-6(8)5-2-4(5)3-7/h3-5H,2H2,1H3/t4-,5+/m0/s1. The zero-order valence-electron chi connectivity index (χ0n) is 5.16. The minimum atomic E-state index is -0.257. The van der Waals surface area contributed by atoms with Crippen molar-refractivity contribution in [3.63, 3.8) is 0 Å². The summed E-state index contributed by atoms with van der Waals surface area (Å²) in [6, 6.07) is 0. The van der Waals surface area contributed by atoms with E-state index in [4.69, 9.17) is 0 Å². The molecule has 0 bridgehead atoms. The summed E-state index contributed by atoms with van der Waals surface area (Å²) in [6.45, 7) is 0. The van der Waals surface area contributed by atoms with E-state index in [1.165, 1.54) is 7.11 Å². The van der Waals surface area contributed by atoms with E-state index in [-0.39, 0.29) is 17.8 Å². The Kier molecular flexibility index (Phi) is 1.51. The number of esters is 1. The fraction of sp³-hybridized carbons (Fsp3) is 0.667. The summed E-state index contributed by atoms with van der Waals surface area (Å²) in [5.41, 5.74) is 0. The molecule has 0 saturated heterocycles. The van der Waals surface area contributed by atoms with Crippen LogP contribution in [0.5, 0.6) is 0 Å². The highest BCUT2D eigenvalue weighted by Crippen LogP contribution is 2.37. The summed E-state index contributed by atoms with van der Waals surface area (Å²) in [6.07, 6.45) is 1.48. The minimum absolute atomic E-state index is 0.0579. The van der Waals surface area contributed by atoms with Gasteiger partial charge in [0.2, 0.25) is 0 Å². The first-order valence-corrected chi connectivity index (χ1v) is 2.82. The zero-order valence-corrected chi connectivity index (χ0v) is 5.16. The van der Waals surface area contributed by atoms with Gasteiger partial charge in [0.15, 0.2) is 0 Å². The molecule has 0 aliphatic heterocycles. The zero-order chi connectivity index (χ0) is 6.85. The molecule has 0 aromatic heterocycles. The topological polar surface area (TPSA) is 43.4 Å². The quantitative estimate of drug-likeness (QED) is 0.388. The summed E-state index contributed by atoms with van der Waals surface area (Å²) in [5.74, 6) is -0.447. The Morgan fingerprint density at radius 2 is 2.44 bits per heavy atom. The highest BCUT2D eigenvalue weighted by atomic mass is 16.5. The van der Waals surface area contributed by atoms with Crippen LogP contribution in [0.25, 0.3) is 0 Å². The molecule has 1 saturated carbocycles. The molecule has 1 aliphatic rings. The van der Waals surface area contributed by atoms with Gasteiger partial charge in [-0.15, -0.1) is 0 Å². The van der Waals surface area contributed by atoms with Crippen molar-refractivity contribution >= 4 is 12.3 Å². The van der Waals surface area contributed by atoms with E-state index in [1.54, 1.807) is 0 Å². The highest BCUT2D eigenvalue weighted by Gasteiger charge is 2.43. The third kappa shape index (κ3) is 1.09. The number of ether oxygens (including phenoxy) is 1. The molecule has 3 nitrogen and oxygen atoms in total. The number of carbonyl (C=O) groups is 2. The first-order valence-electron chi connectivity index (χ1n) is 2.82. The number of methoxy groups -OCH3 is 1. The Hall–Kier alpha value is -0.860. The minimum Gasteiger partial charge on any atom is -0.469 e. The van der Waals surface area contributed by atoms with E-state index in [1.807, 2.05) is 0 Å². The molecule has 0 radical (unpaired) electrons. The van der Waals surface area contributed by atoms with Gasteiger partial charge in [0.1, 0.15) is 6.29 Å². The normalized spacial score (nSPS) is 31.2. The lowest BCUT2D eigenvalue weighted by Crippen LogP contribution is -2.04. The van der Waals surface area contributed by atoms with E-state index in [9.17, 15) is 9.59 Å². The van der Waals surface area contributed by atoms with Crippen LogP contribution in [0.2, 0.25) is 0 Å². The molecule has 0 unspecified atom stereocenters. The molecule has 1 aliphatic carbocycles. The molecule has 1 rings (SSSR count). The molecule has 1 fully saturated rings. The third-order valence-corrected chi connectivity index (χ3v) is 1.52. The molecule has 0 heterocycles. The highest BCUT2D eigenvalue weighted by molar-refractivity contribution is 5.81. The van der Waals surface area contributed by atoms with E-state index in [2.05, 4.69) is 4.74 Å². The summed E-state index contributed by atoms with van der Waals surface area (Å²) >= 11 is 0. The second kappa shape index (κ2) is 2.17. The molecule has 3 heteroatoms. The van der Waals surface area contributed by atoms with Gasteiger partial charge in [0.25, 0.3) is 0 Å². The molecule has 0 amide bonds. The van der Waals surface area contributed by atoms with Crippen LogP contribution in [0.15, 0.2) is 0 Å². The van der Waals surface area contributed by atoms with Gasteiger partial charge in [-0.25, -0.2) is 0 Å². The summed E-state index contributed by atoms with van der Waals surface area (Å²) in [5, 5.41) is 0. The van der Waals surface area contributed by atoms with E-state index in [0.29, 0.717) is 6.42 Å². The molecular formula is C6H8O3. The summed E-state index contributed by atoms with van der Waals surface area (Å²) < 4.78 is 4.41. The van der Waals surface area contributed by atoms with Gasteiger partial charge >= 0.3 is 5.97 Å². The van der Waals surface area contributed by atoms with Crippen molar-refractivity contribution < 1.29 is 14.3 Å². The Morgan fingerprint density at radius 3 is 2.78 bits per heavy atom. The Bertz CT molecular complexity index is 141. The number of carbonyl (C=O) groups excluding carboxylic acids is 2. The Morgan fingerprint density at radius 1 is 1.78 bits per heavy atom. The maximum Gasteiger partial charge on any atom is 0.309 e. The van der Waals surface area contributed by atoms with Crippen molar-refractivity contribution in [2.24, 2.45) is 11.8 Å². The van der Waals surface area contributed by atoms with E-state index in [0.717, 1.165) is 6.29 Å². The molecule has 0 spiro atoms. The Balaban J connectivity index is 2.33. The van der Waals surface area contributed by atoms with Gasteiger partial charge in [0.05, 0.1) is 13.0 Å². The van der Waals surface area contributed by atoms with Crippen LogP contribution in [-0.4, -0.2) is 19.4 Å². The second-order valence-electron chi connectivity index (χ2n) is 2.17. The van der Waals surface area contributed by atoms with Gasteiger partial charge in [-0.05, 0) is 6.42 Å². The first kappa shape index (κ1) is 6.26. The molecule has 0 aromatic carbocycles. The maximum atomic E-state index is 10.6. The van der Waals surface area contributed by atoms with Crippen molar-refractivity contribution in [1.29, 1.82) is 0 Å². The summed E-state index contributed by atoms with van der Waals surface area (Å²) in [4.78, 5) is 20.6. The molecule has 0 aromatic rings. The number of rotatable bonds is 2. The van der Waals surface area contributed by atoms with Crippen molar-refractivity contribution in [3.8, 4) is 0 Å². The smallest absolute Gasteiger partial charge is 0.309 e. The predicted molar refractivity (Wildman–Crippen MR) is 29.7 cm³/mol. The predicted octanol–water partition coefficient (Wildman–Crippen LogP) is -0.00560. The Labute approximate surface area is 53.0 Å². The van der Waals surface area contributed by atoms with Gasteiger partial charge in [-0.3, -0.25) is 4.79 Å². The van der Waals surface area contributed by atoms with Crippen molar-refractivity contribution in [3.05, 3.63) is 0 Å². The van der Waals surface area contributed by atoms with Crippen LogP contribution in [0.4, 0.5) is 0 Å². The lowest BCUT2D eigenvalue weighted by molar-refractivity contribution is -0.142. The van der Waals surface area contributed by atoms with Crippen LogP contribution >= 0.6 is 0 Å². The van der Waals surface area contributed by atoms with Gasteiger partial charge in [-0.2, -0.15) is 0 Å². The largest absolute Gasteiger partial charge is 0.469 e. The monoisotopic (exact) mass is 128 g/mol. The SMILES string of the molecule is COC(=O)[C@@H]1C[C@H]1C=O. The summed E-state index contributed by atoms with van der Waals surface area (Å²) in [7, 11) is 1.34. The van der Waals surface area contributed by atoms with Crippen LogP contribution in [-0.2, 0) is 14.3 Å². The first-order chi connectivity index (χ1) is 4.29. The van der Waals surface area contributed by atoms with E-state index < -0.39 is 0 Å². The van der Waals surface area contributed by atoms with Crippen LogP contribution < -0.4 is 0 Å². The molecule has 2 atom stereocenters. The number of hydrogen-bond donors (Lipinski definition) is 0. The van der Waals surface area contributed by atoms with E-state index >= 15 is 0 Å². The fourth-order valence-corrected chi connectivity index (χ4v) is 0.787. The second-order valence-corrected chi connectivity index (χ2v) is 2.17. The average Bonchev–Trinajstić information content (AvgIpc) is 2.64. The van der Waals surface area contributed by atoms with Gasteiger partial charge in [-0.1, -0.05) is 0 Å². The van der Waals surface area contributed by atoms with Crippen LogP contribution in [0.1, 0.15) is 6.42 Å². The third-order valence-electron chi connectivity index (χ3n) is 1.52. The molecule has 50 valence electrons. The number of aldehydes is 1. The van der Waals surface area contributed by atoms with Crippen molar-refractivity contribution in [2.75, 3.05) is 7.11 Å². The lowest BCUT2D eigenvalue weighted by atomic mass is 10.3. The maximum absolute atomic E-state index is 10.6.